The summed E-state index contributed by atoms with van der Waals surface area (Å²) in [5, 5.41) is 37.6. The Labute approximate surface area is 485 Å². The van der Waals surface area contributed by atoms with Crippen molar-refractivity contribution in [2.45, 2.75) is 95.4 Å². The van der Waals surface area contributed by atoms with E-state index in [1.807, 2.05) is 0 Å². The summed E-state index contributed by atoms with van der Waals surface area (Å²) in [7, 11) is -8.81. The normalized spacial score (nSPS) is 21.3. The van der Waals surface area contributed by atoms with E-state index < -0.39 is 76.0 Å². The van der Waals surface area contributed by atoms with Gasteiger partial charge in [-0.25, -0.2) is 9.37 Å². The van der Waals surface area contributed by atoms with E-state index >= 15 is 0 Å². The second-order valence-corrected chi connectivity index (χ2v) is 31.9. The van der Waals surface area contributed by atoms with Gasteiger partial charge < -0.3 is 25.4 Å². The number of aromatic amines is 1. The van der Waals surface area contributed by atoms with Gasteiger partial charge in [0.25, 0.3) is 11.8 Å². The number of anilines is 1. The number of carboxylic acids is 1. The first-order valence-electron chi connectivity index (χ1n) is 26.8. The molecule has 1 saturated heterocycles. The number of nitrogens with zero attached hydrogens (tertiary/aromatic N) is 3. The first-order valence-corrected chi connectivity index (χ1v) is 33.3. The molecule has 24 nitrogen and oxygen atoms in total. The van der Waals surface area contributed by atoms with Crippen molar-refractivity contribution in [1.29, 1.82) is 0 Å². The molecule has 2 amide bonds. The average molecular weight is 1240 g/mol. The minimum atomic E-state index is -6.55. The number of aromatic nitrogens is 2. The second-order valence-electron chi connectivity index (χ2n) is 21.0. The van der Waals surface area contributed by atoms with Gasteiger partial charge in [-0.3, -0.25) is 9.59 Å². The molecular formula is C54H56Cl2N6O18P3+. The zero-order valence-corrected chi connectivity index (χ0v) is 48.3. The van der Waals surface area contributed by atoms with Crippen molar-refractivity contribution < 1.29 is 83.3 Å². The number of aromatic carboxylic acids is 1. The van der Waals surface area contributed by atoms with Gasteiger partial charge in [0.1, 0.15) is 24.6 Å². The zero-order chi connectivity index (χ0) is 58.5. The van der Waals surface area contributed by atoms with E-state index in [1.165, 1.54) is 52.5 Å². The Morgan fingerprint density at radius 2 is 1.70 bits per heavy atom. The minimum absolute atomic E-state index is 0. The van der Waals surface area contributed by atoms with Crippen LogP contribution in [0.3, 0.4) is 0 Å². The van der Waals surface area contributed by atoms with Gasteiger partial charge in [0.05, 0.1) is 21.7 Å². The van der Waals surface area contributed by atoms with Gasteiger partial charge in [-0.15, -0.1) is 0 Å². The molecule has 438 valence electrons. The largest absolute Gasteiger partial charge is 0.478 e. The van der Waals surface area contributed by atoms with Gasteiger partial charge in [0.2, 0.25) is 5.71 Å². The Balaban J connectivity index is 0.00000786. The van der Waals surface area contributed by atoms with E-state index in [0.29, 0.717) is 11.1 Å². The number of carbonyl (C=O) groups is 3. The number of aryl methyl sites for hydroxylation is 1. The van der Waals surface area contributed by atoms with Gasteiger partial charge in [-0.2, -0.15) is 0 Å². The molecule has 0 bridgehead atoms. The van der Waals surface area contributed by atoms with E-state index in [1.54, 1.807) is 12.1 Å². The fraction of sp³-hybridized carbons (Fsp3) is 0.407. The third-order valence-corrected chi connectivity index (χ3v) is 26.6. The summed E-state index contributed by atoms with van der Waals surface area (Å²) in [6, 6.07) is 10.00. The van der Waals surface area contributed by atoms with Gasteiger partial charge in [0, 0.05) is 78.7 Å². The average Bonchev–Trinajstić information content (AvgIpc) is 0.969. The summed E-state index contributed by atoms with van der Waals surface area (Å²) >= 11 is 14.4. The molecule has 4 aromatic rings. The molecule has 11 rings (SSSR count). The van der Waals surface area contributed by atoms with Crippen molar-refractivity contribution >= 4 is 74.5 Å². The summed E-state index contributed by atoms with van der Waals surface area (Å²) in [6.45, 7) is -3.73. The number of allylic oxidation sites excluding steroid dienone is 3. The monoisotopic (exact) mass is 1240 g/mol. The summed E-state index contributed by atoms with van der Waals surface area (Å²) in [5.41, 5.74) is 7.35. The molecule has 7 aliphatic rings. The molecule has 0 saturated carbocycles. The Morgan fingerprint density at radius 3 is 2.42 bits per heavy atom. The standard InChI is InChI=1S/C54H53Cl2N6O18P3.H2/c55-40-25-39(45(56)44(53(66)67)43(40)42-37-23-31-8-3-19-60-21-5-10-35(46(31)60)48(37)77-49-36-11-6-22-61-20-4-9-32(47(36)61)24-38(42)49)52(65)58-26-29-12-14-30(15-13-29)50(63)57-18-2-1-7-33-27-62(54(68)59-51(33)64)41-17-16-34(76-41)28-75-83(79-70,80-78-69,81(71)72)82(73)74;/h12-15,23-25,27,34,37,41-42H,3-11,16-22,26,28H2,(H5-,57,58,59,63,64,65,66,67,68,69,70);1H/p+1/t34-,37?,41+,42?;/m0./s1. The molecule has 1 fully saturated rings. The fourth-order valence-corrected chi connectivity index (χ4v) is 17.6. The smallest absolute Gasteiger partial charge is 0.337 e. The molecule has 6 aliphatic heterocycles. The van der Waals surface area contributed by atoms with Crippen molar-refractivity contribution in [1.82, 2.24) is 20.2 Å². The molecule has 0 radical (unpaired) electrons. The molecule has 1 aromatic heterocycles. The van der Waals surface area contributed by atoms with Gasteiger partial charge in [-0.05, 0) is 79.5 Å². The van der Waals surface area contributed by atoms with E-state index in [0.717, 1.165) is 105 Å². The predicted octanol–water partition coefficient (Wildman–Crippen LogP) is 6.71. The van der Waals surface area contributed by atoms with Crippen molar-refractivity contribution in [2.24, 2.45) is 5.92 Å². The van der Waals surface area contributed by atoms with Crippen LogP contribution in [0.15, 0.2) is 75.2 Å². The first kappa shape index (κ1) is 58.7. The van der Waals surface area contributed by atoms with Crippen LogP contribution in [0.25, 0.3) is 0 Å². The molecule has 1 aliphatic carbocycles. The Kier molecular flexibility index (Phi) is 16.8. The van der Waals surface area contributed by atoms with Gasteiger partial charge >= 0.3 is 180 Å². The van der Waals surface area contributed by atoms with Crippen LogP contribution in [0.1, 0.15) is 129 Å². The molecule has 83 heavy (non-hydrogen) atoms. The van der Waals surface area contributed by atoms with Crippen LogP contribution in [-0.2, 0) is 58.6 Å². The van der Waals surface area contributed by atoms with E-state index in [-0.39, 0.29) is 72.0 Å². The van der Waals surface area contributed by atoms with Crippen molar-refractivity contribution in [2.75, 3.05) is 44.2 Å². The third kappa shape index (κ3) is 10.6. The molecule has 29 heteroatoms. The Hall–Kier alpha value is -6.09. The van der Waals surface area contributed by atoms with Crippen LogP contribution in [0, 0.1) is 17.8 Å². The van der Waals surface area contributed by atoms with Crippen molar-refractivity contribution in [3.05, 3.63) is 147 Å². The van der Waals surface area contributed by atoms with Crippen LogP contribution in [-0.4, -0.2) is 98.7 Å². The number of hydrogen-bond donors (Lipinski definition) is 6. The maximum Gasteiger partial charge on any atom is 0.337 e. The number of benzene rings is 3. The second kappa shape index (κ2) is 23.8. The number of H-pyrrole nitrogens is 1. The van der Waals surface area contributed by atoms with E-state index in [9.17, 15) is 53.3 Å². The summed E-state index contributed by atoms with van der Waals surface area (Å²) in [4.78, 5) is 94.6. The number of hydrogen-bond acceptors (Lipinski definition) is 18. The van der Waals surface area contributed by atoms with Gasteiger partial charge in [-0.1, -0.05) is 41.4 Å². The Bertz CT molecular complexity index is 3710. The van der Waals surface area contributed by atoms with Crippen LogP contribution in [0.2, 0.25) is 10.0 Å². The number of halogens is 2. The van der Waals surface area contributed by atoms with Crippen molar-refractivity contribution in [3.63, 3.8) is 0 Å². The Morgan fingerprint density at radius 1 is 0.952 bits per heavy atom. The molecule has 7 heterocycles. The first-order chi connectivity index (χ1) is 39.9. The summed E-state index contributed by atoms with van der Waals surface area (Å²) in [5.74, 6) is 3.68. The number of rotatable bonds is 17. The quantitative estimate of drug-likeness (QED) is 0.0210. The van der Waals surface area contributed by atoms with Crippen LogP contribution in [0.4, 0.5) is 5.69 Å². The third-order valence-electron chi connectivity index (χ3n) is 16.2. The summed E-state index contributed by atoms with van der Waals surface area (Å²) < 4.78 is 52.8. The predicted molar refractivity (Wildman–Crippen MR) is 298 cm³/mol. The number of fused-ring (bicyclic) bond motifs is 3. The fourth-order valence-electron chi connectivity index (χ4n) is 12.5. The van der Waals surface area contributed by atoms with E-state index in [4.69, 9.17) is 42.5 Å². The number of carbonyl (C=O) groups excluding carboxylic acids is 2. The molecule has 6 N–H and O–H groups in total. The molecule has 3 aromatic carbocycles. The maximum atomic E-state index is 14.0. The minimum Gasteiger partial charge on any atom is -0.478 e. The van der Waals surface area contributed by atoms with Gasteiger partial charge in [0.15, 0.2) is 0 Å². The number of amides is 2. The number of ether oxygens (including phenoxy) is 2. The molecular weight excluding hydrogens is 1180 g/mol. The molecule has 4 unspecified atom stereocenters. The number of carboxylic acid groups (broad SMARTS) is 1. The summed E-state index contributed by atoms with van der Waals surface area (Å²) in [6.07, 6.45) is 8.59. The van der Waals surface area contributed by atoms with Crippen LogP contribution < -0.4 is 41.3 Å². The maximum absolute atomic E-state index is 14.0. The number of nitrogens with one attached hydrogen (secondary N) is 3. The molecule has 0 spiro atoms. The SMILES string of the molecule is O=C(NCC#CCc1cn([C@H]2CC[C@@H](COP(OO)(OOO)([P+](=O)[O-])[P+](=O)[O-])O2)c(=O)[nH]c1=O)c1ccc(CNC(=O)c2cc(Cl)c(C3c4cc5c6c(c4OC4=C7CCC[N+]8=C7C(=CC43)CCC8)CCCN6CCC5)c(C(=O)O)c2Cl)cc1.[HH]. The molecule has 6 atom stereocenters. The topological polar surface area (TPSA) is 333 Å². The van der Waals surface area contributed by atoms with E-state index in [2.05, 4.69) is 63.5 Å². The zero-order valence-electron chi connectivity index (χ0n) is 44.1. The van der Waals surface area contributed by atoms with Crippen molar-refractivity contribution in [3.8, 4) is 17.6 Å². The van der Waals surface area contributed by atoms with Crippen LogP contribution in [0.5, 0.6) is 5.75 Å². The van der Waals surface area contributed by atoms with Crippen LogP contribution >= 0.6 is 45.3 Å².